The number of thiophene rings is 1. The van der Waals surface area contributed by atoms with Crippen LogP contribution in [0.25, 0.3) is 15.9 Å². The Balaban J connectivity index is 1.64. The van der Waals surface area contributed by atoms with Crippen molar-refractivity contribution in [1.29, 1.82) is 0 Å². The summed E-state index contributed by atoms with van der Waals surface area (Å²) < 4.78 is 18.4. The van der Waals surface area contributed by atoms with Gasteiger partial charge in [0.15, 0.2) is 5.16 Å². The van der Waals surface area contributed by atoms with Crippen LogP contribution in [0.4, 0.5) is 0 Å². The van der Waals surface area contributed by atoms with E-state index in [2.05, 4.69) is 20.8 Å². The molecule has 5 rings (SSSR count). The maximum absolute atomic E-state index is 14.2. The molecular formula is C27H34N2O4S2. The molecule has 0 spiro atoms. The Bertz CT molecular complexity index is 1290. The molecule has 3 heterocycles. The Morgan fingerprint density at radius 3 is 2.83 bits per heavy atom. The molecule has 2 aromatic heterocycles. The van der Waals surface area contributed by atoms with E-state index >= 15 is 0 Å². The molecule has 35 heavy (non-hydrogen) atoms. The summed E-state index contributed by atoms with van der Waals surface area (Å²) in [7, 11) is 1.65. The van der Waals surface area contributed by atoms with Crippen molar-refractivity contribution in [2.45, 2.75) is 64.6 Å². The first-order chi connectivity index (χ1) is 16.8. The Morgan fingerprint density at radius 2 is 2.11 bits per heavy atom. The van der Waals surface area contributed by atoms with Crippen LogP contribution in [0.15, 0.2) is 28.2 Å². The average Bonchev–Trinajstić information content (AvgIpc) is 3.21. The number of fused-ring (bicyclic) bond motifs is 3. The smallest absolute Gasteiger partial charge is 0.267 e. The van der Waals surface area contributed by atoms with Gasteiger partial charge >= 0.3 is 0 Å². The SMILES string of the molecule is COc1ccc(C)c(-n2c(SC[C@@H]3CCOCO3)nc3sc4c(c3c2=O)CC[C@@H](C(C)(C)C)C4)c1. The van der Waals surface area contributed by atoms with Gasteiger partial charge in [-0.2, -0.15) is 0 Å². The second kappa shape index (κ2) is 9.88. The average molecular weight is 515 g/mol. The predicted molar refractivity (Wildman–Crippen MR) is 143 cm³/mol. The summed E-state index contributed by atoms with van der Waals surface area (Å²) in [6.45, 7) is 10.0. The standard InChI is InChI=1S/C27H34N2O4S2/c1-16-6-8-18(31-5)13-21(16)29-25(30)23-20-9-7-17(27(2,3)4)12-22(20)35-24(23)28-26(29)34-14-19-10-11-32-15-33-19/h6,8,13,17,19H,7,9-12,14-15H2,1-5H3/t17-,19+/m1/s1. The lowest BCUT2D eigenvalue weighted by Gasteiger charge is -2.33. The Hall–Kier alpha value is -1.87. The van der Waals surface area contributed by atoms with E-state index < -0.39 is 0 Å². The predicted octanol–water partition coefficient (Wildman–Crippen LogP) is 5.77. The molecule has 0 saturated carbocycles. The first-order valence-corrected chi connectivity index (χ1v) is 14.1. The number of nitrogens with zero attached hydrogens (tertiary/aromatic N) is 2. The molecule has 2 aliphatic rings. The van der Waals surface area contributed by atoms with Crippen molar-refractivity contribution >= 4 is 33.3 Å². The van der Waals surface area contributed by atoms with Gasteiger partial charge in [-0.15, -0.1) is 11.3 Å². The summed E-state index contributed by atoms with van der Waals surface area (Å²) in [6, 6.07) is 5.86. The summed E-state index contributed by atoms with van der Waals surface area (Å²) >= 11 is 3.30. The number of rotatable bonds is 5. The van der Waals surface area contributed by atoms with Crippen molar-refractivity contribution in [2.24, 2.45) is 11.3 Å². The summed E-state index contributed by atoms with van der Waals surface area (Å²) in [4.78, 5) is 21.5. The molecule has 0 radical (unpaired) electrons. The maximum atomic E-state index is 14.2. The molecule has 0 bridgehead atoms. The molecule has 3 aromatic rings. The first kappa shape index (κ1) is 24.8. The van der Waals surface area contributed by atoms with Crippen molar-refractivity contribution in [3.8, 4) is 11.4 Å². The quantitative estimate of drug-likeness (QED) is 0.318. The van der Waals surface area contributed by atoms with E-state index in [1.807, 2.05) is 25.1 Å². The van der Waals surface area contributed by atoms with Gasteiger partial charge in [-0.05, 0) is 61.1 Å². The second-order valence-corrected chi connectivity index (χ2v) is 12.7. The van der Waals surface area contributed by atoms with Crippen molar-refractivity contribution in [3.63, 3.8) is 0 Å². The van der Waals surface area contributed by atoms with Crippen LogP contribution in [-0.2, 0) is 22.3 Å². The number of thioether (sulfide) groups is 1. The van der Waals surface area contributed by atoms with Crippen molar-refractivity contribution in [1.82, 2.24) is 9.55 Å². The fourth-order valence-electron chi connectivity index (χ4n) is 5.01. The summed E-state index contributed by atoms with van der Waals surface area (Å²) in [5.74, 6) is 2.06. The minimum Gasteiger partial charge on any atom is -0.497 e. The molecule has 6 nitrogen and oxygen atoms in total. The van der Waals surface area contributed by atoms with E-state index in [0.29, 0.717) is 24.5 Å². The molecule has 1 aliphatic carbocycles. The molecule has 0 N–H and O–H groups in total. The van der Waals surface area contributed by atoms with E-state index in [9.17, 15) is 4.79 Å². The van der Waals surface area contributed by atoms with E-state index in [1.165, 1.54) is 10.4 Å². The van der Waals surface area contributed by atoms with Gasteiger partial charge in [0.1, 0.15) is 17.4 Å². The Kier molecular flexibility index (Phi) is 7.00. The number of methoxy groups -OCH3 is 1. The fraction of sp³-hybridized carbons (Fsp3) is 0.556. The highest BCUT2D eigenvalue weighted by Gasteiger charge is 2.32. The molecule has 8 heteroatoms. The number of ether oxygens (including phenoxy) is 3. The van der Waals surface area contributed by atoms with Gasteiger partial charge in [-0.3, -0.25) is 9.36 Å². The van der Waals surface area contributed by atoms with Crippen LogP contribution >= 0.6 is 23.1 Å². The number of hydrogen-bond donors (Lipinski definition) is 0. The van der Waals surface area contributed by atoms with Gasteiger partial charge in [-0.25, -0.2) is 4.98 Å². The lowest BCUT2D eigenvalue weighted by Crippen LogP contribution is -2.28. The zero-order valence-electron chi connectivity index (χ0n) is 21.2. The fourth-order valence-corrected chi connectivity index (χ4v) is 7.42. The van der Waals surface area contributed by atoms with Crippen LogP contribution in [0.3, 0.4) is 0 Å². The second-order valence-electron chi connectivity index (χ2n) is 10.6. The van der Waals surface area contributed by atoms with Gasteiger partial charge in [-0.1, -0.05) is 38.6 Å². The third-order valence-electron chi connectivity index (χ3n) is 7.30. The third-order valence-corrected chi connectivity index (χ3v) is 9.52. The highest BCUT2D eigenvalue weighted by Crippen LogP contribution is 2.42. The largest absolute Gasteiger partial charge is 0.497 e. The van der Waals surface area contributed by atoms with Gasteiger partial charge in [0.25, 0.3) is 5.56 Å². The van der Waals surface area contributed by atoms with Crippen LogP contribution in [0.5, 0.6) is 5.75 Å². The van der Waals surface area contributed by atoms with Gasteiger partial charge in [0, 0.05) is 16.7 Å². The summed E-state index contributed by atoms with van der Waals surface area (Å²) in [5, 5.41) is 1.51. The highest BCUT2D eigenvalue weighted by atomic mass is 32.2. The van der Waals surface area contributed by atoms with Crippen molar-refractivity contribution in [3.05, 3.63) is 44.6 Å². The third kappa shape index (κ3) is 4.90. The van der Waals surface area contributed by atoms with Crippen LogP contribution in [0, 0.1) is 18.3 Å². The van der Waals surface area contributed by atoms with E-state index in [-0.39, 0.29) is 17.1 Å². The zero-order chi connectivity index (χ0) is 24.7. The molecule has 1 aromatic carbocycles. The number of hydrogen-bond acceptors (Lipinski definition) is 7. The topological polar surface area (TPSA) is 62.6 Å². The van der Waals surface area contributed by atoms with E-state index in [4.69, 9.17) is 19.2 Å². The molecule has 1 fully saturated rings. The summed E-state index contributed by atoms with van der Waals surface area (Å²) in [5.41, 5.74) is 3.32. The lowest BCUT2D eigenvalue weighted by atomic mass is 9.72. The number of aromatic nitrogens is 2. The minimum absolute atomic E-state index is 0.0217. The molecule has 0 unspecified atom stereocenters. The molecule has 2 atom stereocenters. The van der Waals surface area contributed by atoms with Crippen LogP contribution < -0.4 is 10.3 Å². The minimum atomic E-state index is 0.0217. The Morgan fingerprint density at radius 1 is 1.29 bits per heavy atom. The van der Waals surface area contributed by atoms with Gasteiger partial charge in [0.2, 0.25) is 0 Å². The number of benzene rings is 1. The molecule has 1 saturated heterocycles. The first-order valence-electron chi connectivity index (χ1n) is 12.3. The molecular weight excluding hydrogens is 480 g/mol. The highest BCUT2D eigenvalue weighted by molar-refractivity contribution is 7.99. The van der Waals surface area contributed by atoms with Crippen LogP contribution in [0.2, 0.25) is 0 Å². The molecule has 188 valence electrons. The normalized spacial score (nSPS) is 20.7. The maximum Gasteiger partial charge on any atom is 0.267 e. The van der Waals surface area contributed by atoms with E-state index in [0.717, 1.165) is 58.7 Å². The lowest BCUT2D eigenvalue weighted by molar-refractivity contribution is -0.130. The number of aryl methyl sites for hydroxylation is 2. The van der Waals surface area contributed by atoms with Crippen molar-refractivity contribution < 1.29 is 14.2 Å². The van der Waals surface area contributed by atoms with Gasteiger partial charge < -0.3 is 14.2 Å². The monoisotopic (exact) mass is 514 g/mol. The van der Waals surface area contributed by atoms with Crippen molar-refractivity contribution in [2.75, 3.05) is 26.3 Å². The zero-order valence-corrected chi connectivity index (χ0v) is 22.8. The molecule has 0 amide bonds. The van der Waals surface area contributed by atoms with Crippen LogP contribution in [-0.4, -0.2) is 41.9 Å². The summed E-state index contributed by atoms with van der Waals surface area (Å²) in [6.07, 6.45) is 4.01. The van der Waals surface area contributed by atoms with Crippen LogP contribution in [0.1, 0.15) is 49.6 Å². The van der Waals surface area contributed by atoms with Gasteiger partial charge in [0.05, 0.1) is 30.9 Å². The molecule has 1 aliphatic heterocycles. The van der Waals surface area contributed by atoms with E-state index in [1.54, 1.807) is 34.8 Å². The Labute approximate surface area is 215 Å².